The van der Waals surface area contributed by atoms with E-state index in [4.69, 9.17) is 5.26 Å². The van der Waals surface area contributed by atoms with Gasteiger partial charge in [0.2, 0.25) is 0 Å². The van der Waals surface area contributed by atoms with E-state index < -0.39 is 0 Å². The molecule has 3 rings (SSSR count). The summed E-state index contributed by atoms with van der Waals surface area (Å²) in [6, 6.07) is 12.1. The minimum atomic E-state index is 0.666. The van der Waals surface area contributed by atoms with Crippen molar-refractivity contribution in [2.24, 2.45) is 0 Å². The van der Waals surface area contributed by atoms with Gasteiger partial charge in [-0.05, 0) is 49.2 Å². The lowest BCUT2D eigenvalue weighted by atomic mass is 10.0. The van der Waals surface area contributed by atoms with E-state index >= 15 is 0 Å². The third-order valence-corrected chi connectivity index (χ3v) is 4.20. The number of nitrogens with zero attached hydrogens (tertiary/aromatic N) is 3. The first-order chi connectivity index (χ1) is 10.6. The van der Waals surface area contributed by atoms with Crippen LogP contribution in [0, 0.1) is 25.2 Å². The fourth-order valence-corrected chi connectivity index (χ4v) is 3.01. The van der Waals surface area contributed by atoms with E-state index in [1.54, 1.807) is 11.3 Å². The Balaban J connectivity index is 1.85. The molecule has 0 fully saturated rings. The summed E-state index contributed by atoms with van der Waals surface area (Å²) in [7, 11) is 0. The Bertz CT molecular complexity index is 842. The summed E-state index contributed by atoms with van der Waals surface area (Å²) in [6.07, 6.45) is 2.69. The molecule has 1 aromatic carbocycles. The smallest absolute Gasteiger partial charge is 0.0991 e. The number of aromatic nitrogens is 2. The number of hydrogen-bond acceptors (Lipinski definition) is 4. The van der Waals surface area contributed by atoms with Crippen LogP contribution in [0.4, 0.5) is 0 Å². The first-order valence-corrected chi connectivity index (χ1v) is 7.90. The average Bonchev–Trinajstić information content (AvgIpc) is 2.92. The van der Waals surface area contributed by atoms with Gasteiger partial charge in [0, 0.05) is 23.6 Å². The molecule has 22 heavy (non-hydrogen) atoms. The second kappa shape index (κ2) is 6.08. The van der Waals surface area contributed by atoms with E-state index in [0.717, 1.165) is 39.5 Å². The Morgan fingerprint density at radius 2 is 2.05 bits per heavy atom. The van der Waals surface area contributed by atoms with E-state index in [2.05, 4.69) is 27.5 Å². The molecule has 0 N–H and O–H groups in total. The maximum Gasteiger partial charge on any atom is 0.0991 e. The molecular weight excluding hydrogens is 290 g/mol. The van der Waals surface area contributed by atoms with Gasteiger partial charge in [-0.25, -0.2) is 4.98 Å². The fourth-order valence-electron chi connectivity index (χ4n) is 2.39. The molecule has 0 atom stereocenters. The number of hydrogen-bond donors (Lipinski definition) is 0. The molecule has 2 aromatic heterocycles. The molecule has 0 aliphatic rings. The SMILES string of the molecule is Cc1cc(C#N)cc(-c2ccc(Cc3csc(C)n3)cn2)c1. The molecular formula is C18H15N3S. The van der Waals surface area contributed by atoms with Crippen LogP contribution in [-0.4, -0.2) is 9.97 Å². The van der Waals surface area contributed by atoms with E-state index in [0.29, 0.717) is 5.56 Å². The van der Waals surface area contributed by atoms with Gasteiger partial charge in [0.25, 0.3) is 0 Å². The molecule has 4 heteroatoms. The summed E-state index contributed by atoms with van der Waals surface area (Å²) < 4.78 is 0. The van der Waals surface area contributed by atoms with Crippen LogP contribution in [0.2, 0.25) is 0 Å². The van der Waals surface area contributed by atoms with Gasteiger partial charge in [0.05, 0.1) is 28.0 Å². The maximum atomic E-state index is 9.07. The second-order valence-corrected chi connectivity index (χ2v) is 6.35. The highest BCUT2D eigenvalue weighted by Crippen LogP contribution is 2.21. The molecule has 3 nitrogen and oxygen atoms in total. The number of benzene rings is 1. The van der Waals surface area contributed by atoms with Crippen LogP contribution in [0.3, 0.4) is 0 Å². The molecule has 0 unspecified atom stereocenters. The number of thiazole rings is 1. The van der Waals surface area contributed by atoms with Crippen molar-refractivity contribution in [2.45, 2.75) is 20.3 Å². The molecule has 108 valence electrons. The van der Waals surface area contributed by atoms with E-state index in [-0.39, 0.29) is 0 Å². The molecule has 0 radical (unpaired) electrons. The van der Waals surface area contributed by atoms with Crippen LogP contribution in [0.25, 0.3) is 11.3 Å². The Morgan fingerprint density at radius 3 is 2.68 bits per heavy atom. The van der Waals surface area contributed by atoms with Crippen molar-refractivity contribution in [2.75, 3.05) is 0 Å². The van der Waals surface area contributed by atoms with Crippen LogP contribution < -0.4 is 0 Å². The minimum Gasteiger partial charge on any atom is -0.256 e. The van der Waals surface area contributed by atoms with Crippen molar-refractivity contribution in [3.8, 4) is 17.3 Å². The average molecular weight is 305 g/mol. The topological polar surface area (TPSA) is 49.6 Å². The van der Waals surface area contributed by atoms with Crippen molar-refractivity contribution >= 4 is 11.3 Å². The largest absolute Gasteiger partial charge is 0.256 e. The van der Waals surface area contributed by atoms with Gasteiger partial charge >= 0.3 is 0 Å². The van der Waals surface area contributed by atoms with Crippen molar-refractivity contribution in [1.82, 2.24) is 9.97 Å². The quantitative estimate of drug-likeness (QED) is 0.725. The van der Waals surface area contributed by atoms with Crippen LogP contribution in [0.1, 0.15) is 27.4 Å². The first-order valence-electron chi connectivity index (χ1n) is 7.02. The molecule has 2 heterocycles. The monoisotopic (exact) mass is 305 g/mol. The van der Waals surface area contributed by atoms with Crippen molar-refractivity contribution in [1.29, 1.82) is 5.26 Å². The summed E-state index contributed by atoms with van der Waals surface area (Å²) in [4.78, 5) is 9.01. The minimum absolute atomic E-state index is 0.666. The van der Waals surface area contributed by atoms with E-state index in [1.165, 1.54) is 0 Å². The van der Waals surface area contributed by atoms with E-state index in [1.807, 2.05) is 44.3 Å². The third kappa shape index (κ3) is 3.21. The van der Waals surface area contributed by atoms with Crippen LogP contribution in [-0.2, 0) is 6.42 Å². The van der Waals surface area contributed by atoms with Crippen molar-refractivity contribution in [3.63, 3.8) is 0 Å². The zero-order chi connectivity index (χ0) is 15.5. The van der Waals surface area contributed by atoms with Gasteiger partial charge in [-0.1, -0.05) is 6.07 Å². The lowest BCUT2D eigenvalue weighted by molar-refractivity contribution is 1.07. The molecule has 0 aliphatic carbocycles. The lowest BCUT2D eigenvalue weighted by Crippen LogP contribution is -1.92. The zero-order valence-corrected chi connectivity index (χ0v) is 13.3. The Hall–Kier alpha value is -2.51. The maximum absolute atomic E-state index is 9.07. The highest BCUT2D eigenvalue weighted by Gasteiger charge is 2.05. The summed E-state index contributed by atoms with van der Waals surface area (Å²) in [5.41, 5.74) is 5.82. The third-order valence-electron chi connectivity index (χ3n) is 3.38. The summed E-state index contributed by atoms with van der Waals surface area (Å²) in [6.45, 7) is 4.00. The molecule has 3 aromatic rings. The number of pyridine rings is 1. The van der Waals surface area contributed by atoms with Crippen LogP contribution in [0.5, 0.6) is 0 Å². The van der Waals surface area contributed by atoms with Gasteiger partial charge in [-0.3, -0.25) is 4.98 Å². The van der Waals surface area contributed by atoms with Crippen LogP contribution >= 0.6 is 11.3 Å². The van der Waals surface area contributed by atoms with Gasteiger partial charge in [-0.15, -0.1) is 11.3 Å². The van der Waals surface area contributed by atoms with Gasteiger partial charge in [-0.2, -0.15) is 5.26 Å². The van der Waals surface area contributed by atoms with Crippen molar-refractivity contribution in [3.05, 3.63) is 69.3 Å². The molecule has 0 amide bonds. The molecule has 0 saturated heterocycles. The zero-order valence-electron chi connectivity index (χ0n) is 12.5. The fraction of sp³-hybridized carbons (Fsp3) is 0.167. The Morgan fingerprint density at radius 1 is 1.18 bits per heavy atom. The number of rotatable bonds is 3. The Labute approximate surface area is 133 Å². The van der Waals surface area contributed by atoms with Gasteiger partial charge in [0.1, 0.15) is 0 Å². The molecule has 0 spiro atoms. The predicted octanol–water partition coefficient (Wildman–Crippen LogP) is 4.28. The van der Waals surface area contributed by atoms with Crippen molar-refractivity contribution < 1.29 is 0 Å². The summed E-state index contributed by atoms with van der Waals surface area (Å²) in [5, 5.41) is 12.2. The lowest BCUT2D eigenvalue weighted by Gasteiger charge is -2.05. The highest BCUT2D eigenvalue weighted by atomic mass is 32.1. The second-order valence-electron chi connectivity index (χ2n) is 5.29. The summed E-state index contributed by atoms with van der Waals surface area (Å²) >= 11 is 1.67. The standard InChI is InChI=1S/C18H15N3S/c1-12-5-15(9-19)7-16(6-12)18-4-3-14(10-20-18)8-17-11-22-13(2)21-17/h3-7,10-11H,8H2,1-2H3. The number of nitriles is 1. The molecule has 0 saturated carbocycles. The molecule has 0 bridgehead atoms. The first kappa shape index (κ1) is 14.4. The van der Waals surface area contributed by atoms with E-state index in [9.17, 15) is 0 Å². The van der Waals surface area contributed by atoms with Gasteiger partial charge < -0.3 is 0 Å². The van der Waals surface area contributed by atoms with Crippen LogP contribution in [0.15, 0.2) is 41.9 Å². The Kier molecular flexibility index (Phi) is 3.99. The number of aryl methyl sites for hydroxylation is 2. The summed E-state index contributed by atoms with van der Waals surface area (Å²) in [5.74, 6) is 0. The predicted molar refractivity (Wildman–Crippen MR) is 88.8 cm³/mol. The normalized spacial score (nSPS) is 10.4. The highest BCUT2D eigenvalue weighted by molar-refractivity contribution is 7.09. The molecule has 0 aliphatic heterocycles. The van der Waals surface area contributed by atoms with Gasteiger partial charge in [0.15, 0.2) is 0 Å².